The molecule has 2 aromatic heterocycles. The minimum Gasteiger partial charge on any atom is -0.397 e. The van der Waals surface area contributed by atoms with Gasteiger partial charge in [-0.05, 0) is 30.7 Å². The molecule has 5 nitrogen and oxygen atoms in total. The Balaban J connectivity index is 2.05. The van der Waals surface area contributed by atoms with Crippen LogP contribution in [0.15, 0.2) is 29.4 Å². The summed E-state index contributed by atoms with van der Waals surface area (Å²) in [4.78, 5) is 17.4. The first-order valence-corrected chi connectivity index (χ1v) is 7.35. The van der Waals surface area contributed by atoms with Gasteiger partial charge in [-0.1, -0.05) is 0 Å². The molecule has 2 heterocycles. The second-order valence-electron chi connectivity index (χ2n) is 3.88. The molecule has 2 aromatic rings. The summed E-state index contributed by atoms with van der Waals surface area (Å²) >= 11 is 3.04. The Labute approximate surface area is 119 Å². The molecule has 100 valence electrons. The van der Waals surface area contributed by atoms with Crippen molar-refractivity contribution < 1.29 is 4.79 Å². The fourth-order valence-electron chi connectivity index (χ4n) is 1.47. The van der Waals surface area contributed by atoms with Gasteiger partial charge < -0.3 is 5.73 Å². The lowest BCUT2D eigenvalue weighted by Gasteiger charge is -2.00. The molecule has 0 aliphatic rings. The highest BCUT2D eigenvalue weighted by atomic mass is 32.2. The highest BCUT2D eigenvalue weighted by Gasteiger charge is 2.11. The number of hydrazine groups is 1. The van der Waals surface area contributed by atoms with E-state index in [-0.39, 0.29) is 5.91 Å². The van der Waals surface area contributed by atoms with E-state index in [2.05, 4.69) is 10.4 Å². The Morgan fingerprint density at radius 2 is 2.32 bits per heavy atom. The molecular weight excluding hydrogens is 280 g/mol. The molecule has 0 aliphatic heterocycles. The molecule has 0 saturated heterocycles. The summed E-state index contributed by atoms with van der Waals surface area (Å²) in [7, 11) is 0. The number of nitrogens with one attached hydrogen (secondary N) is 1. The van der Waals surface area contributed by atoms with Crippen LogP contribution >= 0.6 is 23.1 Å². The highest BCUT2D eigenvalue weighted by Crippen LogP contribution is 2.28. The van der Waals surface area contributed by atoms with Gasteiger partial charge in [-0.2, -0.15) is 0 Å². The lowest BCUT2D eigenvalue weighted by atomic mass is 10.3. The Kier molecular flexibility index (Phi) is 4.41. The number of hydrogen-bond donors (Lipinski definition) is 3. The number of rotatable bonds is 4. The molecule has 0 unspecified atom stereocenters. The molecule has 0 bridgehead atoms. The highest BCUT2D eigenvalue weighted by molar-refractivity contribution is 7.98. The van der Waals surface area contributed by atoms with Crippen LogP contribution in [0.4, 0.5) is 5.69 Å². The number of anilines is 1. The zero-order valence-electron chi connectivity index (χ0n) is 10.3. The van der Waals surface area contributed by atoms with Gasteiger partial charge in [0.2, 0.25) is 0 Å². The topological polar surface area (TPSA) is 94.0 Å². The minimum absolute atomic E-state index is 0.255. The van der Waals surface area contributed by atoms with Crippen molar-refractivity contribution in [2.24, 2.45) is 5.84 Å². The zero-order valence-corrected chi connectivity index (χ0v) is 12.0. The van der Waals surface area contributed by atoms with Gasteiger partial charge in [0.25, 0.3) is 5.91 Å². The first-order chi connectivity index (χ1) is 9.10. The number of nitrogens with two attached hydrogens (primary N) is 2. The van der Waals surface area contributed by atoms with Crippen molar-refractivity contribution in [2.45, 2.75) is 17.7 Å². The number of aromatic nitrogens is 1. The zero-order chi connectivity index (χ0) is 13.8. The maximum Gasteiger partial charge on any atom is 0.275 e. The smallest absolute Gasteiger partial charge is 0.275 e. The van der Waals surface area contributed by atoms with Crippen LogP contribution in [0.2, 0.25) is 0 Å². The third kappa shape index (κ3) is 3.46. The van der Waals surface area contributed by atoms with Crippen molar-refractivity contribution in [2.75, 3.05) is 5.73 Å². The molecule has 0 aliphatic carbocycles. The Morgan fingerprint density at radius 1 is 1.53 bits per heavy atom. The van der Waals surface area contributed by atoms with Gasteiger partial charge in [0.1, 0.15) is 0 Å². The first kappa shape index (κ1) is 13.9. The van der Waals surface area contributed by atoms with Crippen LogP contribution in [0.5, 0.6) is 0 Å². The summed E-state index contributed by atoms with van der Waals surface area (Å²) in [6.45, 7) is 1.99. The number of hydrogen-bond acceptors (Lipinski definition) is 6. The third-order valence-electron chi connectivity index (χ3n) is 2.51. The van der Waals surface area contributed by atoms with Gasteiger partial charge in [0.15, 0.2) is 0 Å². The molecule has 0 saturated carbocycles. The van der Waals surface area contributed by atoms with Crippen LogP contribution < -0.4 is 17.0 Å². The summed E-state index contributed by atoms with van der Waals surface area (Å²) < 4.78 is 0. The number of aryl methyl sites for hydroxylation is 1. The number of amides is 1. The molecule has 5 N–H and O–H groups in total. The maximum atomic E-state index is 11.4. The van der Waals surface area contributed by atoms with Crippen molar-refractivity contribution >= 4 is 34.7 Å². The number of carbonyl (C=O) groups excluding carboxylic acids is 1. The number of nitrogen functional groups attached to an aromatic ring is 2. The molecule has 0 fully saturated rings. The van der Waals surface area contributed by atoms with Crippen LogP contribution in [-0.4, -0.2) is 10.9 Å². The predicted octanol–water partition coefficient (Wildman–Crippen LogP) is 1.93. The summed E-state index contributed by atoms with van der Waals surface area (Å²) in [6.07, 6.45) is 1.64. The third-order valence-corrected chi connectivity index (χ3v) is 4.59. The predicted molar refractivity (Wildman–Crippen MR) is 78.9 cm³/mol. The van der Waals surface area contributed by atoms with E-state index in [0.717, 1.165) is 21.2 Å². The lowest BCUT2D eigenvalue weighted by Crippen LogP contribution is -2.29. The molecule has 0 radical (unpaired) electrons. The van der Waals surface area contributed by atoms with Crippen LogP contribution in [0.25, 0.3) is 0 Å². The molecule has 19 heavy (non-hydrogen) atoms. The van der Waals surface area contributed by atoms with E-state index in [1.807, 2.05) is 25.1 Å². The quantitative estimate of drug-likeness (QED) is 0.347. The van der Waals surface area contributed by atoms with E-state index in [0.29, 0.717) is 10.6 Å². The molecule has 1 amide bonds. The van der Waals surface area contributed by atoms with E-state index in [1.54, 1.807) is 18.0 Å². The molecular formula is C12H14N4OS2. The number of nitrogens with zero attached hydrogens (tertiary/aromatic N) is 1. The van der Waals surface area contributed by atoms with Gasteiger partial charge in [0, 0.05) is 10.6 Å². The average molecular weight is 294 g/mol. The van der Waals surface area contributed by atoms with Crippen LogP contribution in [0, 0.1) is 6.92 Å². The summed E-state index contributed by atoms with van der Waals surface area (Å²) in [5.41, 5.74) is 9.49. The fraction of sp³-hybridized carbons (Fsp3) is 0.167. The standard InChI is InChI=1S/C12H14N4OS2/c1-7-8(4-10(19-7)12(17)16-14)6-18-11-3-2-9(13)5-15-11/h2-5H,6,13-14H2,1H3,(H,16,17). The summed E-state index contributed by atoms with van der Waals surface area (Å²) in [5, 5.41) is 0.907. The number of thiophene rings is 1. The molecule has 2 rings (SSSR count). The van der Waals surface area contributed by atoms with Crippen molar-refractivity contribution in [3.05, 3.63) is 39.7 Å². The van der Waals surface area contributed by atoms with Crippen LogP contribution in [0.3, 0.4) is 0 Å². The lowest BCUT2D eigenvalue weighted by molar-refractivity contribution is 0.0957. The Morgan fingerprint density at radius 3 is 2.95 bits per heavy atom. The van der Waals surface area contributed by atoms with Crippen molar-refractivity contribution in [3.63, 3.8) is 0 Å². The van der Waals surface area contributed by atoms with Gasteiger partial charge in [-0.25, -0.2) is 10.8 Å². The first-order valence-electron chi connectivity index (χ1n) is 5.54. The van der Waals surface area contributed by atoms with E-state index in [4.69, 9.17) is 11.6 Å². The SMILES string of the molecule is Cc1sc(C(=O)NN)cc1CSc1ccc(N)cn1. The van der Waals surface area contributed by atoms with Crippen LogP contribution in [-0.2, 0) is 5.75 Å². The van der Waals surface area contributed by atoms with Crippen molar-refractivity contribution in [1.29, 1.82) is 0 Å². The van der Waals surface area contributed by atoms with E-state index in [1.165, 1.54) is 11.3 Å². The van der Waals surface area contributed by atoms with Gasteiger partial charge >= 0.3 is 0 Å². The normalized spacial score (nSPS) is 10.4. The number of thioether (sulfide) groups is 1. The van der Waals surface area contributed by atoms with Gasteiger partial charge in [-0.15, -0.1) is 23.1 Å². The summed E-state index contributed by atoms with van der Waals surface area (Å²) in [6, 6.07) is 5.57. The second-order valence-corrected chi connectivity index (χ2v) is 6.14. The van der Waals surface area contributed by atoms with Gasteiger partial charge in [0.05, 0.1) is 21.8 Å². The molecule has 0 aromatic carbocycles. The van der Waals surface area contributed by atoms with Crippen molar-refractivity contribution in [1.82, 2.24) is 10.4 Å². The number of carbonyl (C=O) groups is 1. The van der Waals surface area contributed by atoms with Gasteiger partial charge in [-0.3, -0.25) is 10.2 Å². The Hall–Kier alpha value is -1.57. The fourth-order valence-corrected chi connectivity index (χ4v) is 3.41. The van der Waals surface area contributed by atoms with Crippen LogP contribution in [0.1, 0.15) is 20.1 Å². The summed E-state index contributed by atoms with van der Waals surface area (Å²) in [5.74, 6) is 5.63. The van der Waals surface area contributed by atoms with Crippen molar-refractivity contribution in [3.8, 4) is 0 Å². The molecule has 0 spiro atoms. The minimum atomic E-state index is -0.255. The number of pyridine rings is 1. The monoisotopic (exact) mass is 294 g/mol. The van der Waals surface area contributed by atoms with E-state index >= 15 is 0 Å². The van der Waals surface area contributed by atoms with E-state index < -0.39 is 0 Å². The Bertz CT molecular complexity index is 580. The van der Waals surface area contributed by atoms with E-state index in [9.17, 15) is 4.79 Å². The second kappa shape index (κ2) is 6.05. The largest absolute Gasteiger partial charge is 0.397 e. The maximum absolute atomic E-state index is 11.4. The molecule has 7 heteroatoms. The average Bonchev–Trinajstić information content (AvgIpc) is 2.79. The molecule has 0 atom stereocenters.